The number of aromatic nitrogens is 2. The van der Waals surface area contributed by atoms with E-state index in [0.717, 1.165) is 5.69 Å². The number of nitro benzene ring substituents is 1. The largest absolute Gasteiger partial charge is 0.497 e. The molecule has 0 fully saturated rings. The molecule has 1 heterocycles. The molecule has 0 aliphatic heterocycles. The SMILES string of the molecule is COc1cccc(-c2nn(-c3ccccc3)cc2C(=O)Nc2cccc([N+](=O)[O-])c2)c1. The van der Waals surface area contributed by atoms with Crippen molar-refractivity contribution in [1.82, 2.24) is 9.78 Å². The van der Waals surface area contributed by atoms with Crippen molar-refractivity contribution < 1.29 is 14.5 Å². The molecule has 8 heteroatoms. The Morgan fingerprint density at radius 1 is 1.03 bits per heavy atom. The monoisotopic (exact) mass is 414 g/mol. The smallest absolute Gasteiger partial charge is 0.271 e. The number of nitro groups is 1. The molecule has 31 heavy (non-hydrogen) atoms. The summed E-state index contributed by atoms with van der Waals surface area (Å²) in [6.45, 7) is 0. The van der Waals surface area contributed by atoms with E-state index < -0.39 is 10.8 Å². The lowest BCUT2D eigenvalue weighted by Gasteiger charge is -2.06. The average molecular weight is 414 g/mol. The summed E-state index contributed by atoms with van der Waals surface area (Å²) in [6.07, 6.45) is 1.64. The fourth-order valence-corrected chi connectivity index (χ4v) is 3.13. The molecule has 0 aliphatic carbocycles. The van der Waals surface area contributed by atoms with Crippen LogP contribution < -0.4 is 10.1 Å². The topological polar surface area (TPSA) is 99.3 Å². The van der Waals surface area contributed by atoms with Crippen LogP contribution in [0, 0.1) is 10.1 Å². The number of hydrogen-bond acceptors (Lipinski definition) is 5. The van der Waals surface area contributed by atoms with E-state index in [1.54, 1.807) is 36.2 Å². The molecule has 1 N–H and O–H groups in total. The molecular weight excluding hydrogens is 396 g/mol. The number of carbonyl (C=O) groups is 1. The minimum Gasteiger partial charge on any atom is -0.497 e. The van der Waals surface area contributed by atoms with E-state index in [-0.39, 0.29) is 5.69 Å². The predicted octanol–water partition coefficient (Wildman–Crippen LogP) is 4.71. The van der Waals surface area contributed by atoms with Crippen LogP contribution in [-0.4, -0.2) is 27.7 Å². The number of benzene rings is 3. The third kappa shape index (κ3) is 4.27. The zero-order valence-electron chi connectivity index (χ0n) is 16.6. The second-order valence-electron chi connectivity index (χ2n) is 6.67. The third-order valence-electron chi connectivity index (χ3n) is 4.64. The van der Waals surface area contributed by atoms with Crippen molar-refractivity contribution in [3.05, 3.63) is 101 Å². The Balaban J connectivity index is 1.76. The van der Waals surface area contributed by atoms with Crippen LogP contribution in [0.5, 0.6) is 5.75 Å². The fraction of sp³-hybridized carbons (Fsp3) is 0.0435. The van der Waals surface area contributed by atoms with Gasteiger partial charge in [0.05, 0.1) is 23.3 Å². The molecule has 0 bridgehead atoms. The van der Waals surface area contributed by atoms with E-state index in [0.29, 0.717) is 28.3 Å². The first-order valence-corrected chi connectivity index (χ1v) is 9.40. The van der Waals surface area contributed by atoms with Crippen LogP contribution >= 0.6 is 0 Å². The van der Waals surface area contributed by atoms with Gasteiger partial charge in [-0.15, -0.1) is 0 Å². The zero-order chi connectivity index (χ0) is 21.8. The number of nitrogens with zero attached hydrogens (tertiary/aromatic N) is 3. The van der Waals surface area contributed by atoms with Crippen LogP contribution in [0.3, 0.4) is 0 Å². The number of para-hydroxylation sites is 1. The van der Waals surface area contributed by atoms with Gasteiger partial charge in [0.25, 0.3) is 11.6 Å². The molecule has 0 atom stereocenters. The molecule has 0 saturated heterocycles. The second kappa shape index (κ2) is 8.50. The van der Waals surface area contributed by atoms with E-state index in [9.17, 15) is 14.9 Å². The molecule has 0 aliphatic rings. The number of rotatable bonds is 6. The van der Waals surface area contributed by atoms with Crippen LogP contribution in [0.4, 0.5) is 11.4 Å². The van der Waals surface area contributed by atoms with Crippen molar-refractivity contribution in [2.24, 2.45) is 0 Å². The van der Waals surface area contributed by atoms with E-state index in [1.165, 1.54) is 18.2 Å². The molecular formula is C23H18N4O4. The van der Waals surface area contributed by atoms with Gasteiger partial charge in [-0.05, 0) is 30.3 Å². The first-order chi connectivity index (χ1) is 15.0. The van der Waals surface area contributed by atoms with Gasteiger partial charge in [0.2, 0.25) is 0 Å². The van der Waals surface area contributed by atoms with Crippen molar-refractivity contribution in [2.45, 2.75) is 0 Å². The van der Waals surface area contributed by atoms with E-state index in [2.05, 4.69) is 10.4 Å². The van der Waals surface area contributed by atoms with Crippen LogP contribution in [0.2, 0.25) is 0 Å². The van der Waals surface area contributed by atoms with Crippen LogP contribution in [-0.2, 0) is 0 Å². The summed E-state index contributed by atoms with van der Waals surface area (Å²) in [5.41, 5.74) is 2.50. The van der Waals surface area contributed by atoms with Gasteiger partial charge in [0, 0.05) is 29.6 Å². The van der Waals surface area contributed by atoms with Crippen LogP contribution in [0.15, 0.2) is 85.1 Å². The number of carbonyl (C=O) groups excluding carboxylic acids is 1. The van der Waals surface area contributed by atoms with E-state index in [4.69, 9.17) is 4.74 Å². The van der Waals surface area contributed by atoms with Crippen molar-refractivity contribution >= 4 is 17.3 Å². The molecule has 0 saturated carbocycles. The molecule has 0 spiro atoms. The number of ether oxygens (including phenoxy) is 1. The Bertz CT molecular complexity index is 1250. The summed E-state index contributed by atoms with van der Waals surface area (Å²) in [5, 5.41) is 18.4. The summed E-state index contributed by atoms with van der Waals surface area (Å²) in [6, 6.07) is 22.5. The number of hydrogen-bond donors (Lipinski definition) is 1. The number of nitrogens with one attached hydrogen (secondary N) is 1. The van der Waals surface area contributed by atoms with Gasteiger partial charge < -0.3 is 10.1 Å². The Hall–Kier alpha value is -4.46. The molecule has 3 aromatic carbocycles. The van der Waals surface area contributed by atoms with Gasteiger partial charge in [-0.1, -0.05) is 36.4 Å². The number of amides is 1. The van der Waals surface area contributed by atoms with Crippen LogP contribution in [0.1, 0.15) is 10.4 Å². The van der Waals surface area contributed by atoms with Crippen molar-refractivity contribution in [1.29, 1.82) is 0 Å². The summed E-state index contributed by atoms with van der Waals surface area (Å²) >= 11 is 0. The molecule has 8 nitrogen and oxygen atoms in total. The van der Waals surface area contributed by atoms with Crippen molar-refractivity contribution in [3.8, 4) is 22.7 Å². The Morgan fingerprint density at radius 2 is 1.81 bits per heavy atom. The summed E-state index contributed by atoms with van der Waals surface area (Å²) < 4.78 is 6.92. The van der Waals surface area contributed by atoms with Crippen LogP contribution in [0.25, 0.3) is 16.9 Å². The maximum atomic E-state index is 13.1. The highest BCUT2D eigenvalue weighted by molar-refractivity contribution is 6.08. The second-order valence-corrected chi connectivity index (χ2v) is 6.67. The quantitative estimate of drug-likeness (QED) is 0.364. The van der Waals surface area contributed by atoms with Crippen molar-refractivity contribution in [3.63, 3.8) is 0 Å². The Morgan fingerprint density at radius 3 is 2.55 bits per heavy atom. The highest BCUT2D eigenvalue weighted by atomic mass is 16.6. The van der Waals surface area contributed by atoms with Gasteiger partial charge in [-0.25, -0.2) is 4.68 Å². The molecule has 1 aromatic heterocycles. The lowest BCUT2D eigenvalue weighted by molar-refractivity contribution is -0.384. The molecule has 0 radical (unpaired) electrons. The third-order valence-corrected chi connectivity index (χ3v) is 4.64. The standard InChI is InChI=1S/C23H18N4O4/c1-31-20-12-5-7-16(13-20)22-21(15-26(25-22)18-9-3-2-4-10-18)23(28)24-17-8-6-11-19(14-17)27(29)30/h2-15H,1H3,(H,24,28). The maximum Gasteiger partial charge on any atom is 0.271 e. The molecule has 154 valence electrons. The zero-order valence-corrected chi connectivity index (χ0v) is 16.6. The van der Waals surface area contributed by atoms with Gasteiger partial charge in [0.15, 0.2) is 0 Å². The number of anilines is 1. The molecule has 1 amide bonds. The van der Waals surface area contributed by atoms with Gasteiger partial charge in [-0.2, -0.15) is 5.10 Å². The summed E-state index contributed by atoms with van der Waals surface area (Å²) in [5.74, 6) is 0.206. The average Bonchev–Trinajstić information content (AvgIpc) is 3.26. The highest BCUT2D eigenvalue weighted by Crippen LogP contribution is 2.28. The lowest BCUT2D eigenvalue weighted by atomic mass is 10.1. The number of non-ortho nitro benzene ring substituents is 1. The van der Waals surface area contributed by atoms with E-state index in [1.807, 2.05) is 42.5 Å². The number of methoxy groups -OCH3 is 1. The molecule has 4 aromatic rings. The lowest BCUT2D eigenvalue weighted by Crippen LogP contribution is -2.12. The van der Waals surface area contributed by atoms with Gasteiger partial charge in [-0.3, -0.25) is 14.9 Å². The van der Waals surface area contributed by atoms with Gasteiger partial charge >= 0.3 is 0 Å². The fourth-order valence-electron chi connectivity index (χ4n) is 3.13. The first kappa shape index (κ1) is 19.8. The Labute approximate surface area is 177 Å². The van der Waals surface area contributed by atoms with Crippen molar-refractivity contribution in [2.75, 3.05) is 12.4 Å². The molecule has 4 rings (SSSR count). The summed E-state index contributed by atoms with van der Waals surface area (Å²) in [4.78, 5) is 23.7. The maximum absolute atomic E-state index is 13.1. The predicted molar refractivity (Wildman–Crippen MR) is 117 cm³/mol. The van der Waals surface area contributed by atoms with Gasteiger partial charge in [0.1, 0.15) is 11.4 Å². The Kier molecular flexibility index (Phi) is 5.44. The van der Waals surface area contributed by atoms with E-state index >= 15 is 0 Å². The minimum atomic E-state index is -0.509. The minimum absolute atomic E-state index is 0.106. The highest BCUT2D eigenvalue weighted by Gasteiger charge is 2.20. The first-order valence-electron chi connectivity index (χ1n) is 9.40. The molecule has 0 unspecified atom stereocenters. The normalized spacial score (nSPS) is 10.5. The summed E-state index contributed by atoms with van der Waals surface area (Å²) in [7, 11) is 1.57.